The molecule has 0 saturated heterocycles. The number of nitrogens with one attached hydrogen (secondary N) is 2. The number of aryl methyl sites for hydroxylation is 1. The van der Waals surface area contributed by atoms with E-state index in [0.29, 0.717) is 23.4 Å². The second kappa shape index (κ2) is 8.19. The molecule has 2 atom stereocenters. The topological polar surface area (TPSA) is 71.1 Å². The number of allylic oxidation sites excluding steroid dienone is 3. The fourth-order valence-electron chi connectivity index (χ4n) is 4.25. The Morgan fingerprint density at radius 2 is 1.87 bits per heavy atom. The molecule has 6 heteroatoms. The van der Waals surface area contributed by atoms with Gasteiger partial charge in [-0.25, -0.2) is 4.98 Å². The number of rotatable bonds is 3. The second-order valence-corrected chi connectivity index (χ2v) is 9.07. The van der Waals surface area contributed by atoms with Gasteiger partial charge in [-0.2, -0.15) is 0 Å². The van der Waals surface area contributed by atoms with Crippen LogP contribution in [0.4, 0.5) is 5.82 Å². The first-order chi connectivity index (χ1) is 14.3. The summed E-state index contributed by atoms with van der Waals surface area (Å²) in [5.41, 5.74) is 4.93. The van der Waals surface area contributed by atoms with Crippen molar-refractivity contribution in [2.24, 2.45) is 5.92 Å². The van der Waals surface area contributed by atoms with Crippen molar-refractivity contribution in [2.75, 3.05) is 5.32 Å². The zero-order chi connectivity index (χ0) is 21.4. The molecule has 30 heavy (non-hydrogen) atoms. The van der Waals surface area contributed by atoms with Gasteiger partial charge >= 0.3 is 0 Å². The number of carbonyl (C=O) groups is 2. The normalized spacial score (nSPS) is 21.3. The van der Waals surface area contributed by atoms with E-state index in [9.17, 15) is 9.59 Å². The maximum absolute atomic E-state index is 13.4. The Morgan fingerprint density at radius 3 is 2.53 bits per heavy atom. The number of nitrogens with zero attached hydrogens (tertiary/aromatic N) is 1. The molecule has 1 aromatic heterocycles. The van der Waals surface area contributed by atoms with Crippen LogP contribution in [0.15, 0.2) is 69.6 Å². The molecular formula is C24H24BrN3O2. The van der Waals surface area contributed by atoms with E-state index in [1.165, 1.54) is 0 Å². The molecule has 2 heterocycles. The molecule has 154 valence electrons. The molecule has 0 radical (unpaired) electrons. The van der Waals surface area contributed by atoms with Gasteiger partial charge in [0, 0.05) is 45.5 Å². The van der Waals surface area contributed by atoms with Gasteiger partial charge in [0.15, 0.2) is 5.78 Å². The van der Waals surface area contributed by atoms with E-state index >= 15 is 0 Å². The highest BCUT2D eigenvalue weighted by molar-refractivity contribution is 9.10. The molecule has 1 aromatic carbocycles. The first-order valence-electron chi connectivity index (χ1n) is 10.1. The van der Waals surface area contributed by atoms with Crippen molar-refractivity contribution in [1.82, 2.24) is 10.3 Å². The summed E-state index contributed by atoms with van der Waals surface area (Å²) in [7, 11) is 0. The van der Waals surface area contributed by atoms with E-state index in [-0.39, 0.29) is 17.6 Å². The van der Waals surface area contributed by atoms with Crippen LogP contribution in [0.5, 0.6) is 0 Å². The lowest BCUT2D eigenvalue weighted by Crippen LogP contribution is -2.37. The number of halogens is 1. The highest BCUT2D eigenvalue weighted by Gasteiger charge is 2.39. The lowest BCUT2D eigenvalue weighted by Gasteiger charge is -2.36. The molecule has 0 fully saturated rings. The van der Waals surface area contributed by atoms with Crippen molar-refractivity contribution >= 4 is 33.4 Å². The summed E-state index contributed by atoms with van der Waals surface area (Å²) >= 11 is 3.47. The van der Waals surface area contributed by atoms with E-state index in [4.69, 9.17) is 0 Å². The van der Waals surface area contributed by atoms with Gasteiger partial charge in [0.25, 0.3) is 5.91 Å². The molecule has 0 bridgehead atoms. The number of pyridine rings is 1. The van der Waals surface area contributed by atoms with Gasteiger partial charge in [0.2, 0.25) is 0 Å². The van der Waals surface area contributed by atoms with E-state index in [2.05, 4.69) is 38.5 Å². The second-order valence-electron chi connectivity index (χ2n) is 8.15. The van der Waals surface area contributed by atoms with Crippen molar-refractivity contribution < 1.29 is 9.59 Å². The van der Waals surface area contributed by atoms with Crippen LogP contribution in [0.2, 0.25) is 0 Å². The average molecular weight is 466 g/mol. The first-order valence-corrected chi connectivity index (χ1v) is 10.9. The van der Waals surface area contributed by atoms with Crippen LogP contribution in [0.3, 0.4) is 0 Å². The Bertz CT molecular complexity index is 1070. The van der Waals surface area contributed by atoms with Crippen LogP contribution in [0, 0.1) is 12.8 Å². The maximum atomic E-state index is 13.4. The van der Waals surface area contributed by atoms with Gasteiger partial charge < -0.3 is 10.6 Å². The predicted molar refractivity (Wildman–Crippen MR) is 121 cm³/mol. The minimum absolute atomic E-state index is 0.107. The number of amides is 1. The van der Waals surface area contributed by atoms with Crippen LogP contribution in [0.1, 0.15) is 43.7 Å². The summed E-state index contributed by atoms with van der Waals surface area (Å²) in [6, 6.07) is 11.5. The third-order valence-corrected chi connectivity index (χ3v) is 6.16. The average Bonchev–Trinajstić information content (AvgIpc) is 2.69. The summed E-state index contributed by atoms with van der Waals surface area (Å²) in [5, 5.41) is 6.27. The number of aromatic nitrogens is 1. The van der Waals surface area contributed by atoms with Crippen LogP contribution in [-0.4, -0.2) is 16.7 Å². The summed E-state index contributed by atoms with van der Waals surface area (Å²) in [5.74, 6) is 0.232. The highest BCUT2D eigenvalue weighted by atomic mass is 79.9. The quantitative estimate of drug-likeness (QED) is 0.668. The van der Waals surface area contributed by atoms with E-state index in [1.807, 2.05) is 44.2 Å². The highest BCUT2D eigenvalue weighted by Crippen LogP contribution is 2.43. The summed E-state index contributed by atoms with van der Waals surface area (Å²) in [6.45, 7) is 5.93. The van der Waals surface area contributed by atoms with Crippen LogP contribution in [0.25, 0.3) is 0 Å². The summed E-state index contributed by atoms with van der Waals surface area (Å²) in [4.78, 5) is 30.7. The smallest absolute Gasteiger partial charge is 0.255 e. The Kier molecular flexibility index (Phi) is 5.60. The third kappa shape index (κ3) is 3.97. The first kappa shape index (κ1) is 20.5. The van der Waals surface area contributed by atoms with Crippen LogP contribution < -0.4 is 10.6 Å². The van der Waals surface area contributed by atoms with Crippen molar-refractivity contribution in [3.63, 3.8) is 0 Å². The number of Topliss-reactive ketones (excluding diaryl/α,β-unsaturated/α-hetero) is 1. The lowest BCUT2D eigenvalue weighted by molar-refractivity contribution is -0.117. The summed E-state index contributed by atoms with van der Waals surface area (Å²) in [6.07, 6.45) is 3.02. The maximum Gasteiger partial charge on any atom is 0.255 e. The van der Waals surface area contributed by atoms with Gasteiger partial charge in [0.1, 0.15) is 5.82 Å². The SMILES string of the molecule is CC1=C(C(=O)Nc2ccc(C)cn2)[C@@H](c2ccc(Br)cc2)C2=C(C[C@@H](C)CC2=O)N1. The molecule has 2 N–H and O–H groups in total. The Labute approximate surface area is 184 Å². The molecule has 2 aliphatic rings. The molecule has 5 nitrogen and oxygen atoms in total. The Hall–Kier alpha value is -2.73. The fraction of sp³-hybridized carbons (Fsp3) is 0.292. The van der Waals surface area contributed by atoms with Crippen molar-refractivity contribution in [3.05, 3.63) is 80.7 Å². The molecule has 4 rings (SSSR count). The Balaban J connectivity index is 1.78. The molecule has 1 aliphatic heterocycles. The number of anilines is 1. The number of dihydropyridines is 1. The van der Waals surface area contributed by atoms with Gasteiger partial charge in [-0.1, -0.05) is 41.1 Å². The van der Waals surface area contributed by atoms with Gasteiger partial charge in [-0.3, -0.25) is 9.59 Å². The van der Waals surface area contributed by atoms with Crippen molar-refractivity contribution in [1.29, 1.82) is 0 Å². The zero-order valence-electron chi connectivity index (χ0n) is 17.3. The Morgan fingerprint density at radius 1 is 1.13 bits per heavy atom. The molecular weight excluding hydrogens is 442 g/mol. The predicted octanol–water partition coefficient (Wildman–Crippen LogP) is 5.01. The molecule has 0 spiro atoms. The number of hydrogen-bond donors (Lipinski definition) is 2. The minimum atomic E-state index is -0.403. The summed E-state index contributed by atoms with van der Waals surface area (Å²) < 4.78 is 0.952. The number of hydrogen-bond acceptors (Lipinski definition) is 4. The van der Waals surface area contributed by atoms with E-state index in [1.54, 1.807) is 12.3 Å². The van der Waals surface area contributed by atoms with Gasteiger partial charge in [-0.05, 0) is 55.5 Å². The number of benzene rings is 1. The monoisotopic (exact) mass is 465 g/mol. The van der Waals surface area contributed by atoms with Crippen LogP contribution in [-0.2, 0) is 9.59 Å². The fourth-order valence-corrected chi connectivity index (χ4v) is 4.51. The minimum Gasteiger partial charge on any atom is -0.362 e. The third-order valence-electron chi connectivity index (χ3n) is 5.63. The van der Waals surface area contributed by atoms with Crippen molar-refractivity contribution in [3.8, 4) is 0 Å². The number of carbonyl (C=O) groups excluding carboxylic acids is 2. The number of ketones is 1. The standard InChI is InChI=1S/C24H24BrN3O2/c1-13-4-9-20(26-12-13)28-24(30)21-15(3)27-18-10-14(2)11-19(29)23(18)22(21)16-5-7-17(25)8-6-16/h4-9,12,14,22,27H,10-11H2,1-3H3,(H,26,28,30)/t14-,22-/m1/s1. The molecule has 2 aromatic rings. The lowest BCUT2D eigenvalue weighted by atomic mass is 9.73. The van der Waals surface area contributed by atoms with E-state index in [0.717, 1.165) is 33.4 Å². The van der Waals surface area contributed by atoms with E-state index < -0.39 is 5.92 Å². The molecule has 0 unspecified atom stereocenters. The van der Waals surface area contributed by atoms with Crippen molar-refractivity contribution in [2.45, 2.75) is 39.5 Å². The largest absolute Gasteiger partial charge is 0.362 e. The van der Waals surface area contributed by atoms with Gasteiger partial charge in [0.05, 0.1) is 0 Å². The zero-order valence-corrected chi connectivity index (χ0v) is 18.8. The molecule has 0 saturated carbocycles. The van der Waals surface area contributed by atoms with Crippen LogP contribution >= 0.6 is 15.9 Å². The molecule has 1 aliphatic carbocycles. The van der Waals surface area contributed by atoms with Gasteiger partial charge in [-0.15, -0.1) is 0 Å². The molecule has 1 amide bonds.